The van der Waals surface area contributed by atoms with Crippen molar-refractivity contribution in [2.75, 3.05) is 33.3 Å². The molecule has 1 aliphatic rings. The number of rotatable bonds is 6. The van der Waals surface area contributed by atoms with Crippen molar-refractivity contribution in [3.8, 4) is 22.0 Å². The number of nitrogens with one attached hydrogen (secondary N) is 1. The third-order valence-electron chi connectivity index (χ3n) is 5.98. The number of carbonyl (C=O) groups excluding carboxylic acids is 1. The zero-order valence-corrected chi connectivity index (χ0v) is 20.4. The van der Waals surface area contributed by atoms with Crippen LogP contribution in [0.15, 0.2) is 66.3 Å². The molecule has 2 aromatic heterocycles. The highest BCUT2D eigenvalue weighted by molar-refractivity contribution is 7.71. The number of ether oxygens (including phenoxy) is 1. The maximum absolute atomic E-state index is 13.0. The van der Waals surface area contributed by atoms with Crippen LogP contribution in [0.4, 0.5) is 0 Å². The lowest BCUT2D eigenvalue weighted by molar-refractivity contribution is 0.0627. The number of hydrogen-bond donors (Lipinski definition) is 1. The number of carbonyl (C=O) groups is 1. The molecule has 9 heteroatoms. The number of piperazine rings is 1. The van der Waals surface area contributed by atoms with Gasteiger partial charge in [-0.2, -0.15) is 0 Å². The van der Waals surface area contributed by atoms with Crippen LogP contribution in [0.1, 0.15) is 16.1 Å². The van der Waals surface area contributed by atoms with Crippen molar-refractivity contribution in [3.05, 3.63) is 82.3 Å². The standard InChI is InChI=1S/C25H25N5O2S2/c1-32-22-8-4-18(5-9-22)23-27-20(17-34-23)16-28-12-14-29(15-13-28)24(31)19-2-6-21(7-3-19)30-11-10-26-25(30)33/h2-11,17H,12-16H2,1H3,(H,26,33). The van der Waals surface area contributed by atoms with E-state index in [4.69, 9.17) is 21.9 Å². The maximum Gasteiger partial charge on any atom is 0.253 e. The van der Waals surface area contributed by atoms with Gasteiger partial charge in [0.2, 0.25) is 0 Å². The molecule has 0 spiro atoms. The average Bonchev–Trinajstić information content (AvgIpc) is 3.53. The largest absolute Gasteiger partial charge is 0.497 e. The SMILES string of the molecule is COc1ccc(-c2nc(CN3CCN(C(=O)c4ccc(-n5cc[nH]c5=S)cc4)CC3)cs2)cc1. The van der Waals surface area contributed by atoms with E-state index < -0.39 is 0 Å². The maximum atomic E-state index is 13.0. The third-order valence-corrected chi connectivity index (χ3v) is 7.23. The first kappa shape index (κ1) is 22.5. The highest BCUT2D eigenvalue weighted by atomic mass is 32.1. The topological polar surface area (TPSA) is 66.4 Å². The normalized spacial score (nSPS) is 14.3. The average molecular weight is 492 g/mol. The molecule has 34 heavy (non-hydrogen) atoms. The monoisotopic (exact) mass is 491 g/mol. The first-order valence-electron chi connectivity index (χ1n) is 11.1. The van der Waals surface area contributed by atoms with Crippen molar-refractivity contribution in [1.29, 1.82) is 0 Å². The third kappa shape index (κ3) is 4.82. The predicted molar refractivity (Wildman–Crippen MR) is 136 cm³/mol. The number of aromatic nitrogens is 3. The van der Waals surface area contributed by atoms with E-state index >= 15 is 0 Å². The number of H-pyrrole nitrogens is 1. The fraction of sp³-hybridized carbons (Fsp3) is 0.240. The molecule has 174 valence electrons. The lowest BCUT2D eigenvalue weighted by atomic mass is 10.1. The number of benzene rings is 2. The molecule has 5 rings (SSSR count). The molecule has 1 N–H and O–H groups in total. The summed E-state index contributed by atoms with van der Waals surface area (Å²) in [6.45, 7) is 3.87. The summed E-state index contributed by atoms with van der Waals surface area (Å²) in [7, 11) is 1.67. The summed E-state index contributed by atoms with van der Waals surface area (Å²) in [5.41, 5.74) is 3.79. The van der Waals surface area contributed by atoms with E-state index in [0.29, 0.717) is 23.4 Å². The number of methoxy groups -OCH3 is 1. The van der Waals surface area contributed by atoms with Gasteiger partial charge in [-0.15, -0.1) is 11.3 Å². The van der Waals surface area contributed by atoms with Crippen LogP contribution in [-0.2, 0) is 6.54 Å². The molecular formula is C25H25N5O2S2. The van der Waals surface area contributed by atoms with Gasteiger partial charge in [0.25, 0.3) is 5.91 Å². The van der Waals surface area contributed by atoms with Crippen molar-refractivity contribution in [1.82, 2.24) is 24.3 Å². The summed E-state index contributed by atoms with van der Waals surface area (Å²) in [5.74, 6) is 0.911. The lowest BCUT2D eigenvalue weighted by Crippen LogP contribution is -2.48. The summed E-state index contributed by atoms with van der Waals surface area (Å²) in [6, 6.07) is 15.6. The van der Waals surface area contributed by atoms with Crippen LogP contribution < -0.4 is 4.74 Å². The molecule has 0 unspecified atom stereocenters. The second-order valence-electron chi connectivity index (χ2n) is 8.12. The van der Waals surface area contributed by atoms with Crippen LogP contribution in [0.2, 0.25) is 0 Å². The van der Waals surface area contributed by atoms with Gasteiger partial charge in [-0.25, -0.2) is 4.98 Å². The van der Waals surface area contributed by atoms with Gasteiger partial charge in [0, 0.05) is 67.3 Å². The number of nitrogens with zero attached hydrogens (tertiary/aromatic N) is 4. The van der Waals surface area contributed by atoms with Crippen LogP contribution in [0, 0.1) is 4.77 Å². The van der Waals surface area contributed by atoms with Gasteiger partial charge in [-0.1, -0.05) is 0 Å². The van der Waals surface area contributed by atoms with Crippen molar-refractivity contribution < 1.29 is 9.53 Å². The molecule has 2 aromatic carbocycles. The van der Waals surface area contributed by atoms with Crippen molar-refractivity contribution in [2.24, 2.45) is 0 Å². The van der Waals surface area contributed by atoms with Crippen molar-refractivity contribution in [3.63, 3.8) is 0 Å². The molecule has 1 fully saturated rings. The molecule has 0 saturated carbocycles. The van der Waals surface area contributed by atoms with Gasteiger partial charge >= 0.3 is 0 Å². The number of thiazole rings is 1. The fourth-order valence-electron chi connectivity index (χ4n) is 4.05. The Labute approximate surface area is 207 Å². The second kappa shape index (κ2) is 9.92. The summed E-state index contributed by atoms with van der Waals surface area (Å²) in [5, 5.41) is 3.13. The first-order valence-corrected chi connectivity index (χ1v) is 12.4. The van der Waals surface area contributed by atoms with Gasteiger partial charge < -0.3 is 14.6 Å². The fourth-order valence-corrected chi connectivity index (χ4v) is 5.11. The van der Waals surface area contributed by atoms with Gasteiger partial charge in [-0.3, -0.25) is 14.3 Å². The Bertz CT molecular complexity index is 1320. The van der Waals surface area contributed by atoms with Gasteiger partial charge in [-0.05, 0) is 60.7 Å². The van der Waals surface area contributed by atoms with Gasteiger partial charge in [0.05, 0.1) is 12.8 Å². The van der Waals surface area contributed by atoms with E-state index in [2.05, 4.69) is 15.3 Å². The van der Waals surface area contributed by atoms with E-state index in [1.165, 1.54) is 0 Å². The van der Waals surface area contributed by atoms with Crippen LogP contribution >= 0.6 is 23.6 Å². The van der Waals surface area contributed by atoms with Gasteiger partial charge in [0.15, 0.2) is 4.77 Å². The Kier molecular flexibility index (Phi) is 6.57. The van der Waals surface area contributed by atoms with Crippen molar-refractivity contribution in [2.45, 2.75) is 6.54 Å². The molecular weight excluding hydrogens is 466 g/mol. The number of amides is 1. The Morgan fingerprint density at radius 3 is 2.47 bits per heavy atom. The summed E-state index contributed by atoms with van der Waals surface area (Å²) >= 11 is 6.92. The summed E-state index contributed by atoms with van der Waals surface area (Å²) in [4.78, 5) is 25.1. The molecule has 1 aliphatic heterocycles. The van der Waals surface area contributed by atoms with Crippen LogP contribution in [-0.4, -0.2) is 63.5 Å². The highest BCUT2D eigenvalue weighted by Gasteiger charge is 2.23. The molecule has 0 bridgehead atoms. The molecule has 0 aliphatic carbocycles. The Morgan fingerprint density at radius 2 is 1.82 bits per heavy atom. The smallest absolute Gasteiger partial charge is 0.253 e. The lowest BCUT2D eigenvalue weighted by Gasteiger charge is -2.34. The minimum absolute atomic E-state index is 0.0688. The summed E-state index contributed by atoms with van der Waals surface area (Å²) < 4.78 is 7.74. The molecule has 1 amide bonds. The van der Waals surface area contributed by atoms with E-state index in [1.807, 2.05) is 64.2 Å². The van der Waals surface area contributed by atoms with Crippen LogP contribution in [0.3, 0.4) is 0 Å². The van der Waals surface area contributed by atoms with E-state index in [9.17, 15) is 4.79 Å². The zero-order valence-electron chi connectivity index (χ0n) is 18.8. The van der Waals surface area contributed by atoms with E-state index in [1.54, 1.807) is 24.6 Å². The zero-order chi connectivity index (χ0) is 23.5. The molecule has 3 heterocycles. The first-order chi connectivity index (χ1) is 16.6. The summed E-state index contributed by atoms with van der Waals surface area (Å²) in [6.07, 6.45) is 3.67. The number of imidazole rings is 1. The molecule has 0 atom stereocenters. The second-order valence-corrected chi connectivity index (χ2v) is 9.37. The predicted octanol–water partition coefficient (Wildman–Crippen LogP) is 4.62. The highest BCUT2D eigenvalue weighted by Crippen LogP contribution is 2.26. The molecule has 4 aromatic rings. The minimum Gasteiger partial charge on any atom is -0.497 e. The van der Waals surface area contributed by atoms with E-state index in [-0.39, 0.29) is 5.91 Å². The van der Waals surface area contributed by atoms with Crippen LogP contribution in [0.5, 0.6) is 5.75 Å². The Morgan fingerprint density at radius 1 is 1.09 bits per heavy atom. The Hall–Kier alpha value is -3.27. The molecule has 1 saturated heterocycles. The quantitative estimate of drug-likeness (QED) is 0.399. The van der Waals surface area contributed by atoms with E-state index in [0.717, 1.165) is 47.3 Å². The minimum atomic E-state index is 0.0688. The number of hydrogen-bond acceptors (Lipinski definition) is 6. The number of aromatic amines is 1. The van der Waals surface area contributed by atoms with Crippen LogP contribution in [0.25, 0.3) is 16.3 Å². The van der Waals surface area contributed by atoms with Crippen molar-refractivity contribution >= 4 is 29.5 Å². The molecule has 7 nitrogen and oxygen atoms in total. The molecule has 0 radical (unpaired) electrons. The Balaban J connectivity index is 1.16. The van der Waals surface area contributed by atoms with Gasteiger partial charge in [0.1, 0.15) is 10.8 Å².